The number of hydrogen-bond acceptors (Lipinski definition) is 5. The van der Waals surface area contributed by atoms with Crippen molar-refractivity contribution in [2.45, 2.75) is 4.90 Å². The van der Waals surface area contributed by atoms with Crippen molar-refractivity contribution in [3.8, 4) is 0 Å². The fraction of sp³-hybridized carbons (Fsp3) is 0.364. The van der Waals surface area contributed by atoms with E-state index in [-0.39, 0.29) is 28.8 Å². The lowest BCUT2D eigenvalue weighted by atomic mass is 10.3. The number of hydrogen-bond donors (Lipinski definition) is 1. The first-order valence-corrected chi connectivity index (χ1v) is 7.34. The molecule has 2 N–H and O–H groups in total. The number of nitrogens with two attached hydrogens (primary N) is 1. The molecule has 110 valence electrons. The smallest absolute Gasteiger partial charge is 0.269 e. The Bertz CT molecular complexity index is 608. The number of nitro benzene ring substituents is 1. The number of nitro groups is 1. The van der Waals surface area contributed by atoms with Crippen molar-refractivity contribution in [2.75, 3.05) is 26.4 Å². The highest BCUT2D eigenvalue weighted by Gasteiger charge is 2.15. The van der Waals surface area contributed by atoms with Crippen LogP contribution in [0.3, 0.4) is 0 Å². The highest BCUT2D eigenvalue weighted by Crippen LogP contribution is 2.16. The molecule has 1 rings (SSSR count). The van der Waals surface area contributed by atoms with Gasteiger partial charge in [0.15, 0.2) is 15.8 Å². The van der Waals surface area contributed by atoms with Crippen molar-refractivity contribution >= 4 is 21.5 Å². The number of guanidine groups is 1. The molecule has 0 atom stereocenters. The summed E-state index contributed by atoms with van der Waals surface area (Å²) in [6.45, 7) is 0.0311. The first-order valence-electron chi connectivity index (χ1n) is 5.68. The van der Waals surface area contributed by atoms with Crippen LogP contribution in [0.2, 0.25) is 0 Å². The van der Waals surface area contributed by atoms with Crippen LogP contribution in [0.1, 0.15) is 0 Å². The minimum Gasteiger partial charge on any atom is -0.370 e. The van der Waals surface area contributed by atoms with Crippen molar-refractivity contribution in [3.05, 3.63) is 34.4 Å². The van der Waals surface area contributed by atoms with Gasteiger partial charge in [0.25, 0.3) is 5.69 Å². The summed E-state index contributed by atoms with van der Waals surface area (Å²) in [6, 6.07) is 4.74. The summed E-state index contributed by atoms with van der Waals surface area (Å²) in [7, 11) is -0.132. The maximum absolute atomic E-state index is 12.0. The SMILES string of the molecule is CN(C)C(N)=NCCS(=O)(=O)c1ccc([N+](=O)[O-])cc1. The van der Waals surface area contributed by atoms with E-state index in [0.717, 1.165) is 12.1 Å². The van der Waals surface area contributed by atoms with Gasteiger partial charge in [0.2, 0.25) is 0 Å². The molecule has 0 bridgehead atoms. The van der Waals surface area contributed by atoms with Crippen LogP contribution in [0.4, 0.5) is 5.69 Å². The third kappa shape index (κ3) is 4.19. The molecule has 9 heteroatoms. The summed E-state index contributed by atoms with van der Waals surface area (Å²) in [4.78, 5) is 15.4. The number of aliphatic imine (C=N–C) groups is 1. The molecule has 0 radical (unpaired) electrons. The highest BCUT2D eigenvalue weighted by molar-refractivity contribution is 7.91. The van der Waals surface area contributed by atoms with Gasteiger partial charge in [-0.3, -0.25) is 15.1 Å². The number of sulfone groups is 1. The summed E-state index contributed by atoms with van der Waals surface area (Å²) in [5, 5.41) is 10.5. The average Bonchev–Trinajstić information content (AvgIpc) is 2.38. The topological polar surface area (TPSA) is 119 Å². The van der Waals surface area contributed by atoms with Crippen LogP contribution in [0, 0.1) is 10.1 Å². The average molecular weight is 300 g/mol. The van der Waals surface area contributed by atoms with Gasteiger partial charge < -0.3 is 10.6 Å². The molecule has 0 spiro atoms. The fourth-order valence-corrected chi connectivity index (χ4v) is 2.43. The molecule has 0 amide bonds. The van der Waals surface area contributed by atoms with Crippen LogP contribution in [0.25, 0.3) is 0 Å². The Kier molecular flexibility index (Phi) is 5.03. The second kappa shape index (κ2) is 6.33. The fourth-order valence-electron chi connectivity index (χ4n) is 1.31. The molecule has 0 unspecified atom stereocenters. The summed E-state index contributed by atoms with van der Waals surface area (Å²) < 4.78 is 23.9. The monoisotopic (exact) mass is 300 g/mol. The molecule has 1 aromatic rings. The van der Waals surface area contributed by atoms with Crippen molar-refractivity contribution < 1.29 is 13.3 Å². The first kappa shape index (κ1) is 15.9. The van der Waals surface area contributed by atoms with Gasteiger partial charge >= 0.3 is 0 Å². The van der Waals surface area contributed by atoms with Crippen LogP contribution in [0.5, 0.6) is 0 Å². The van der Waals surface area contributed by atoms with E-state index in [1.807, 2.05) is 0 Å². The van der Waals surface area contributed by atoms with Crippen LogP contribution in [0.15, 0.2) is 34.2 Å². The van der Waals surface area contributed by atoms with Crippen LogP contribution < -0.4 is 5.73 Å². The number of nitrogens with zero attached hydrogens (tertiary/aromatic N) is 3. The Morgan fingerprint density at radius 1 is 1.35 bits per heavy atom. The van der Waals surface area contributed by atoms with Gasteiger partial charge in [-0.25, -0.2) is 8.42 Å². The van der Waals surface area contributed by atoms with E-state index < -0.39 is 14.8 Å². The van der Waals surface area contributed by atoms with Gasteiger partial charge in [0, 0.05) is 26.2 Å². The molecule has 0 saturated heterocycles. The first-order chi connectivity index (χ1) is 9.24. The van der Waals surface area contributed by atoms with E-state index in [1.165, 1.54) is 12.1 Å². The van der Waals surface area contributed by atoms with Crippen molar-refractivity contribution in [3.63, 3.8) is 0 Å². The molecule has 0 aliphatic rings. The van der Waals surface area contributed by atoms with Crippen molar-refractivity contribution in [1.29, 1.82) is 0 Å². The maximum Gasteiger partial charge on any atom is 0.269 e. The molecule has 1 aromatic carbocycles. The maximum atomic E-state index is 12.0. The van der Waals surface area contributed by atoms with E-state index >= 15 is 0 Å². The third-order valence-corrected chi connectivity index (χ3v) is 4.21. The normalized spacial score (nSPS) is 12.2. The molecular formula is C11H16N4O4S. The zero-order chi connectivity index (χ0) is 15.3. The standard InChI is InChI=1S/C11H16N4O4S/c1-14(2)11(12)13-7-8-20(18,19)10-5-3-9(4-6-10)15(16)17/h3-6H,7-8H2,1-2H3,(H2,12,13). The summed E-state index contributed by atoms with van der Waals surface area (Å²) >= 11 is 0. The summed E-state index contributed by atoms with van der Waals surface area (Å²) in [5.74, 6) is 0.0307. The van der Waals surface area contributed by atoms with E-state index in [1.54, 1.807) is 19.0 Å². The molecule has 8 nitrogen and oxygen atoms in total. The lowest BCUT2D eigenvalue weighted by Crippen LogP contribution is -2.31. The van der Waals surface area contributed by atoms with Crippen LogP contribution in [-0.2, 0) is 9.84 Å². The van der Waals surface area contributed by atoms with Crippen LogP contribution in [-0.4, -0.2) is 50.6 Å². The molecular weight excluding hydrogens is 284 g/mol. The minimum atomic E-state index is -3.53. The van der Waals surface area contributed by atoms with Gasteiger partial charge in [-0.05, 0) is 12.1 Å². The predicted molar refractivity (Wildman–Crippen MR) is 75.3 cm³/mol. The van der Waals surface area contributed by atoms with E-state index in [4.69, 9.17) is 5.73 Å². The van der Waals surface area contributed by atoms with Crippen molar-refractivity contribution in [1.82, 2.24) is 4.90 Å². The zero-order valence-electron chi connectivity index (χ0n) is 11.2. The Hall–Kier alpha value is -2.16. The second-order valence-corrected chi connectivity index (χ2v) is 6.31. The van der Waals surface area contributed by atoms with Crippen molar-refractivity contribution in [2.24, 2.45) is 10.7 Å². The Morgan fingerprint density at radius 3 is 2.35 bits per heavy atom. The number of non-ortho nitro benzene ring substituents is 1. The van der Waals surface area contributed by atoms with E-state index in [2.05, 4.69) is 4.99 Å². The molecule has 0 heterocycles. The number of benzene rings is 1. The van der Waals surface area contributed by atoms with Gasteiger partial charge in [0.1, 0.15) is 0 Å². The molecule has 0 aliphatic heterocycles. The predicted octanol–water partition coefficient (Wildman–Crippen LogP) is 0.245. The summed E-state index contributed by atoms with van der Waals surface area (Å²) in [5.41, 5.74) is 5.39. The zero-order valence-corrected chi connectivity index (χ0v) is 12.0. The van der Waals surface area contributed by atoms with Crippen LogP contribution >= 0.6 is 0 Å². The van der Waals surface area contributed by atoms with E-state index in [0.29, 0.717) is 0 Å². The van der Waals surface area contributed by atoms with Gasteiger partial charge in [-0.2, -0.15) is 0 Å². The molecule has 20 heavy (non-hydrogen) atoms. The van der Waals surface area contributed by atoms with Gasteiger partial charge in [-0.15, -0.1) is 0 Å². The molecule has 0 aliphatic carbocycles. The van der Waals surface area contributed by atoms with E-state index in [9.17, 15) is 18.5 Å². The largest absolute Gasteiger partial charge is 0.370 e. The Morgan fingerprint density at radius 2 is 1.90 bits per heavy atom. The Balaban J connectivity index is 2.79. The molecule has 0 aromatic heterocycles. The quantitative estimate of drug-likeness (QED) is 0.360. The molecule has 0 fully saturated rings. The molecule has 0 saturated carbocycles. The Labute approximate surface area is 117 Å². The van der Waals surface area contributed by atoms with Gasteiger partial charge in [0.05, 0.1) is 22.1 Å². The van der Waals surface area contributed by atoms with Gasteiger partial charge in [-0.1, -0.05) is 0 Å². The lowest BCUT2D eigenvalue weighted by molar-refractivity contribution is -0.384. The highest BCUT2D eigenvalue weighted by atomic mass is 32.2. The summed E-state index contributed by atoms with van der Waals surface area (Å²) in [6.07, 6.45) is 0. The lowest BCUT2D eigenvalue weighted by Gasteiger charge is -2.10. The minimum absolute atomic E-state index is 0.0294. The number of rotatable bonds is 5. The third-order valence-electron chi connectivity index (χ3n) is 2.50. The second-order valence-electron chi connectivity index (χ2n) is 4.20.